The van der Waals surface area contributed by atoms with Gasteiger partial charge < -0.3 is 10.2 Å². The number of hydrogen-bond acceptors (Lipinski definition) is 2. The van der Waals surface area contributed by atoms with E-state index in [1.807, 2.05) is 7.05 Å². The molecule has 0 unspecified atom stereocenters. The molecule has 0 saturated heterocycles. The van der Waals surface area contributed by atoms with E-state index in [1.165, 1.54) is 24.1 Å². The van der Waals surface area contributed by atoms with E-state index in [0.717, 1.165) is 11.0 Å². The summed E-state index contributed by atoms with van der Waals surface area (Å²) in [5, 5.41) is 3.23. The Kier molecular flexibility index (Phi) is 6.00. The average Bonchev–Trinajstić information content (AvgIpc) is 2.31. The quantitative estimate of drug-likeness (QED) is 0.859. The third-order valence-electron chi connectivity index (χ3n) is 3.28. The van der Waals surface area contributed by atoms with E-state index in [0.29, 0.717) is 6.04 Å². The van der Waals surface area contributed by atoms with Crippen molar-refractivity contribution in [2.24, 2.45) is 0 Å². The monoisotopic (exact) mass is 298 g/mol. The molecule has 0 aliphatic carbocycles. The van der Waals surface area contributed by atoms with Crippen molar-refractivity contribution in [2.45, 2.75) is 39.3 Å². The largest absolute Gasteiger partial charge is 0.371 e. The van der Waals surface area contributed by atoms with Crippen molar-refractivity contribution in [1.82, 2.24) is 5.32 Å². The second kappa shape index (κ2) is 7.02. The first-order valence-corrected chi connectivity index (χ1v) is 7.09. The Morgan fingerprint density at radius 3 is 2.47 bits per heavy atom. The molecule has 17 heavy (non-hydrogen) atoms. The standard InChI is InChI=1S/C14H23BrN2/c1-5-13(6-2)17(4)14-8-7-12(15)9-11(14)10-16-3/h7-9,13,16H,5-6,10H2,1-4H3. The lowest BCUT2D eigenvalue weighted by Gasteiger charge is -2.30. The van der Waals surface area contributed by atoms with Crippen LogP contribution in [0.1, 0.15) is 32.3 Å². The molecule has 0 aliphatic heterocycles. The van der Waals surface area contributed by atoms with Gasteiger partial charge >= 0.3 is 0 Å². The van der Waals surface area contributed by atoms with Gasteiger partial charge in [0, 0.05) is 29.8 Å². The Labute approximate surface area is 114 Å². The summed E-state index contributed by atoms with van der Waals surface area (Å²) >= 11 is 3.54. The molecule has 1 rings (SSSR count). The lowest BCUT2D eigenvalue weighted by Crippen LogP contribution is -2.31. The Balaban J connectivity index is 3.02. The van der Waals surface area contributed by atoms with E-state index >= 15 is 0 Å². The molecule has 0 heterocycles. The Morgan fingerprint density at radius 1 is 1.29 bits per heavy atom. The maximum Gasteiger partial charge on any atom is 0.0412 e. The molecule has 0 amide bonds. The van der Waals surface area contributed by atoms with Gasteiger partial charge in [-0.25, -0.2) is 0 Å². The van der Waals surface area contributed by atoms with Gasteiger partial charge in [0.1, 0.15) is 0 Å². The second-order valence-corrected chi connectivity index (χ2v) is 5.30. The van der Waals surface area contributed by atoms with Gasteiger partial charge in [-0.3, -0.25) is 0 Å². The summed E-state index contributed by atoms with van der Waals surface area (Å²) in [5.41, 5.74) is 2.67. The van der Waals surface area contributed by atoms with E-state index < -0.39 is 0 Å². The number of nitrogens with one attached hydrogen (secondary N) is 1. The van der Waals surface area contributed by atoms with Crippen molar-refractivity contribution in [3.63, 3.8) is 0 Å². The average molecular weight is 299 g/mol. The summed E-state index contributed by atoms with van der Waals surface area (Å²) in [6.07, 6.45) is 2.37. The Morgan fingerprint density at radius 2 is 1.94 bits per heavy atom. The predicted octanol–water partition coefficient (Wildman–Crippen LogP) is 3.79. The maximum atomic E-state index is 3.54. The topological polar surface area (TPSA) is 15.3 Å². The van der Waals surface area contributed by atoms with Crippen LogP contribution >= 0.6 is 15.9 Å². The minimum Gasteiger partial charge on any atom is -0.371 e. The van der Waals surface area contributed by atoms with E-state index in [9.17, 15) is 0 Å². The van der Waals surface area contributed by atoms with Gasteiger partial charge in [0.05, 0.1) is 0 Å². The van der Waals surface area contributed by atoms with E-state index in [-0.39, 0.29) is 0 Å². The van der Waals surface area contributed by atoms with Crippen LogP contribution in [0, 0.1) is 0 Å². The SMILES string of the molecule is CCC(CC)N(C)c1ccc(Br)cc1CNC. The third-order valence-corrected chi connectivity index (χ3v) is 3.77. The fourth-order valence-corrected chi connectivity index (χ4v) is 2.67. The summed E-state index contributed by atoms with van der Waals surface area (Å²) in [5.74, 6) is 0. The minimum absolute atomic E-state index is 0.617. The van der Waals surface area contributed by atoms with Gasteiger partial charge in [0.25, 0.3) is 0 Å². The van der Waals surface area contributed by atoms with Crippen LogP contribution in [0.4, 0.5) is 5.69 Å². The molecular weight excluding hydrogens is 276 g/mol. The highest BCUT2D eigenvalue weighted by molar-refractivity contribution is 9.10. The smallest absolute Gasteiger partial charge is 0.0412 e. The zero-order chi connectivity index (χ0) is 12.8. The Hall–Kier alpha value is -0.540. The van der Waals surface area contributed by atoms with Crippen molar-refractivity contribution in [1.29, 1.82) is 0 Å². The van der Waals surface area contributed by atoms with E-state index in [4.69, 9.17) is 0 Å². The molecule has 0 fully saturated rings. The molecule has 0 radical (unpaired) electrons. The van der Waals surface area contributed by atoms with Crippen molar-refractivity contribution in [2.75, 3.05) is 19.0 Å². The first-order chi connectivity index (χ1) is 8.13. The van der Waals surface area contributed by atoms with Crippen molar-refractivity contribution in [3.8, 4) is 0 Å². The second-order valence-electron chi connectivity index (χ2n) is 4.38. The van der Waals surface area contributed by atoms with Crippen LogP contribution in [-0.4, -0.2) is 20.1 Å². The number of nitrogens with zero attached hydrogens (tertiary/aromatic N) is 1. The van der Waals surface area contributed by atoms with Crippen molar-refractivity contribution in [3.05, 3.63) is 28.2 Å². The van der Waals surface area contributed by atoms with Crippen LogP contribution in [0.2, 0.25) is 0 Å². The molecule has 1 aromatic carbocycles. The fourth-order valence-electron chi connectivity index (χ4n) is 2.26. The molecule has 2 nitrogen and oxygen atoms in total. The van der Waals surface area contributed by atoms with Crippen LogP contribution in [0.25, 0.3) is 0 Å². The van der Waals surface area contributed by atoms with E-state index in [2.05, 4.69) is 65.2 Å². The van der Waals surface area contributed by atoms with Gasteiger partial charge in [-0.05, 0) is 43.7 Å². The van der Waals surface area contributed by atoms with Crippen LogP contribution in [0.3, 0.4) is 0 Å². The highest BCUT2D eigenvalue weighted by Crippen LogP contribution is 2.26. The fraction of sp³-hybridized carbons (Fsp3) is 0.571. The molecule has 1 aromatic rings. The van der Waals surface area contributed by atoms with Crippen molar-refractivity contribution >= 4 is 21.6 Å². The van der Waals surface area contributed by atoms with E-state index in [1.54, 1.807) is 0 Å². The first-order valence-electron chi connectivity index (χ1n) is 6.29. The van der Waals surface area contributed by atoms with Gasteiger partial charge in [0.15, 0.2) is 0 Å². The summed E-state index contributed by atoms with van der Waals surface area (Å²) in [4.78, 5) is 2.40. The predicted molar refractivity (Wildman–Crippen MR) is 79.7 cm³/mol. The molecule has 1 N–H and O–H groups in total. The third kappa shape index (κ3) is 3.71. The number of benzene rings is 1. The molecule has 0 aliphatic rings. The summed E-state index contributed by atoms with van der Waals surface area (Å²) in [6.45, 7) is 5.40. The molecular formula is C14H23BrN2. The van der Waals surface area contributed by atoms with Gasteiger partial charge in [-0.15, -0.1) is 0 Å². The maximum absolute atomic E-state index is 3.54. The first kappa shape index (κ1) is 14.5. The number of halogens is 1. The molecule has 3 heteroatoms. The molecule has 0 bridgehead atoms. The summed E-state index contributed by atoms with van der Waals surface area (Å²) in [6, 6.07) is 7.14. The highest BCUT2D eigenvalue weighted by atomic mass is 79.9. The van der Waals surface area contributed by atoms with Crippen LogP contribution in [-0.2, 0) is 6.54 Å². The lowest BCUT2D eigenvalue weighted by molar-refractivity contribution is 0.589. The van der Waals surface area contributed by atoms with Crippen LogP contribution in [0.15, 0.2) is 22.7 Å². The lowest BCUT2D eigenvalue weighted by atomic mass is 10.1. The van der Waals surface area contributed by atoms with Gasteiger partial charge in [-0.2, -0.15) is 0 Å². The minimum atomic E-state index is 0.617. The molecule has 0 saturated carbocycles. The van der Waals surface area contributed by atoms with Crippen molar-refractivity contribution < 1.29 is 0 Å². The molecule has 96 valence electrons. The molecule has 0 atom stereocenters. The van der Waals surface area contributed by atoms with Gasteiger partial charge in [0.2, 0.25) is 0 Å². The number of anilines is 1. The zero-order valence-corrected chi connectivity index (χ0v) is 12.8. The van der Waals surface area contributed by atoms with Crippen LogP contribution < -0.4 is 10.2 Å². The number of rotatable bonds is 6. The molecule has 0 spiro atoms. The van der Waals surface area contributed by atoms with Gasteiger partial charge in [-0.1, -0.05) is 29.8 Å². The summed E-state index contributed by atoms with van der Waals surface area (Å²) in [7, 11) is 4.18. The highest BCUT2D eigenvalue weighted by Gasteiger charge is 2.14. The summed E-state index contributed by atoms with van der Waals surface area (Å²) < 4.78 is 1.14. The van der Waals surface area contributed by atoms with Crippen LogP contribution in [0.5, 0.6) is 0 Å². The Bertz CT molecular complexity index is 348. The zero-order valence-electron chi connectivity index (χ0n) is 11.3. The normalized spacial score (nSPS) is 10.9. The number of hydrogen-bond donors (Lipinski definition) is 1. The molecule has 0 aromatic heterocycles.